The Morgan fingerprint density at radius 2 is 1.75 bits per heavy atom. The van der Waals surface area contributed by atoms with E-state index >= 15 is 0 Å². The maximum atomic E-state index is 12.2. The van der Waals surface area contributed by atoms with E-state index in [9.17, 15) is 9.59 Å². The summed E-state index contributed by atoms with van der Waals surface area (Å²) in [6.45, 7) is 3.76. The van der Waals surface area contributed by atoms with E-state index in [4.69, 9.17) is 32.7 Å². The van der Waals surface area contributed by atoms with Crippen LogP contribution in [0.15, 0.2) is 65.8 Å². The second kappa shape index (κ2) is 10.8. The lowest BCUT2D eigenvalue weighted by Gasteiger charge is -2.08. The van der Waals surface area contributed by atoms with Gasteiger partial charge in [0.05, 0.1) is 16.8 Å². The highest BCUT2D eigenvalue weighted by atomic mass is 35.5. The number of ether oxygens (including phenoxy) is 2. The lowest BCUT2D eigenvalue weighted by molar-refractivity contribution is -0.123. The van der Waals surface area contributed by atoms with Crippen LogP contribution in [-0.4, -0.2) is 24.7 Å². The molecule has 0 aliphatic carbocycles. The van der Waals surface area contributed by atoms with Crippen LogP contribution in [0.25, 0.3) is 0 Å². The third kappa shape index (κ3) is 6.57. The summed E-state index contributed by atoms with van der Waals surface area (Å²) in [7, 11) is 0. The van der Waals surface area contributed by atoms with Crippen molar-refractivity contribution in [2.45, 2.75) is 13.8 Å². The Hall–Kier alpha value is -3.35. The van der Waals surface area contributed by atoms with E-state index in [0.717, 1.165) is 11.1 Å². The Bertz CT molecular complexity index is 1160. The van der Waals surface area contributed by atoms with E-state index in [-0.39, 0.29) is 23.1 Å². The number of rotatable bonds is 7. The Morgan fingerprint density at radius 1 is 1.00 bits per heavy atom. The molecule has 0 spiro atoms. The highest BCUT2D eigenvalue weighted by molar-refractivity contribution is 6.36. The van der Waals surface area contributed by atoms with Gasteiger partial charge in [-0.05, 0) is 73.5 Å². The molecule has 0 heterocycles. The predicted molar refractivity (Wildman–Crippen MR) is 125 cm³/mol. The fourth-order valence-electron chi connectivity index (χ4n) is 2.75. The van der Waals surface area contributed by atoms with Gasteiger partial charge in [0, 0.05) is 5.02 Å². The number of halogens is 2. The molecular weight excluding hydrogens is 451 g/mol. The van der Waals surface area contributed by atoms with Crippen molar-refractivity contribution >= 4 is 41.3 Å². The highest BCUT2D eigenvalue weighted by Gasteiger charge is 2.13. The predicted octanol–water partition coefficient (Wildman–Crippen LogP) is 5.36. The van der Waals surface area contributed by atoms with Crippen LogP contribution in [0.5, 0.6) is 11.5 Å². The van der Waals surface area contributed by atoms with Crippen molar-refractivity contribution in [3.63, 3.8) is 0 Å². The van der Waals surface area contributed by atoms with Crippen LogP contribution >= 0.6 is 23.2 Å². The van der Waals surface area contributed by atoms with Crippen LogP contribution in [-0.2, 0) is 4.79 Å². The minimum atomic E-state index is -0.593. The van der Waals surface area contributed by atoms with E-state index in [0.29, 0.717) is 22.1 Å². The van der Waals surface area contributed by atoms with Gasteiger partial charge in [-0.2, -0.15) is 5.10 Å². The molecular formula is C24H20Cl2N2O4. The van der Waals surface area contributed by atoms with Crippen molar-refractivity contribution in [2.75, 3.05) is 6.61 Å². The maximum absolute atomic E-state index is 12.2. The molecule has 3 aromatic carbocycles. The molecule has 0 fully saturated rings. The van der Waals surface area contributed by atoms with Gasteiger partial charge in [-0.25, -0.2) is 10.2 Å². The van der Waals surface area contributed by atoms with Crippen LogP contribution in [0.4, 0.5) is 0 Å². The number of carbonyl (C=O) groups is 2. The zero-order chi connectivity index (χ0) is 23.1. The first-order chi connectivity index (χ1) is 15.3. The number of hydrazone groups is 1. The van der Waals surface area contributed by atoms with Crippen molar-refractivity contribution in [2.24, 2.45) is 5.10 Å². The summed E-state index contributed by atoms with van der Waals surface area (Å²) in [6.07, 6.45) is 1.47. The molecule has 0 bridgehead atoms. The number of hydrogen-bond donors (Lipinski definition) is 1. The van der Waals surface area contributed by atoms with Gasteiger partial charge in [0.15, 0.2) is 6.61 Å². The van der Waals surface area contributed by atoms with Crippen molar-refractivity contribution in [1.82, 2.24) is 5.43 Å². The van der Waals surface area contributed by atoms with Crippen molar-refractivity contribution in [1.29, 1.82) is 0 Å². The Kier molecular flexibility index (Phi) is 7.87. The second-order valence-corrected chi connectivity index (χ2v) is 7.78. The summed E-state index contributed by atoms with van der Waals surface area (Å²) in [5, 5.41) is 4.55. The molecule has 8 heteroatoms. The van der Waals surface area contributed by atoms with Gasteiger partial charge in [0.2, 0.25) is 0 Å². The van der Waals surface area contributed by atoms with Crippen LogP contribution < -0.4 is 14.9 Å². The lowest BCUT2D eigenvalue weighted by Crippen LogP contribution is -2.24. The van der Waals surface area contributed by atoms with E-state index < -0.39 is 5.97 Å². The highest BCUT2D eigenvalue weighted by Crippen LogP contribution is 2.23. The first-order valence-corrected chi connectivity index (χ1v) is 10.4. The zero-order valence-electron chi connectivity index (χ0n) is 17.4. The quantitative estimate of drug-likeness (QED) is 0.218. The van der Waals surface area contributed by atoms with E-state index in [2.05, 4.69) is 10.5 Å². The normalized spacial score (nSPS) is 10.8. The van der Waals surface area contributed by atoms with Crippen molar-refractivity contribution < 1.29 is 19.1 Å². The average molecular weight is 471 g/mol. The number of carbonyl (C=O) groups excluding carboxylic acids is 2. The molecule has 3 rings (SSSR count). The SMILES string of the molecule is Cc1ccc(OCC(=O)N/N=C/c2ccc(OC(=O)c3ccc(Cl)cc3Cl)cc2)c(C)c1. The minimum absolute atomic E-state index is 0.149. The zero-order valence-corrected chi connectivity index (χ0v) is 18.9. The van der Waals surface area contributed by atoms with E-state index in [1.54, 1.807) is 30.3 Å². The van der Waals surface area contributed by atoms with Gasteiger partial charge in [-0.15, -0.1) is 0 Å². The van der Waals surface area contributed by atoms with E-state index in [1.165, 1.54) is 18.3 Å². The number of benzene rings is 3. The number of amides is 1. The van der Waals surface area contributed by atoms with Gasteiger partial charge in [0.1, 0.15) is 11.5 Å². The van der Waals surface area contributed by atoms with Crippen LogP contribution in [0.3, 0.4) is 0 Å². The third-order valence-electron chi connectivity index (χ3n) is 4.33. The summed E-state index contributed by atoms with van der Waals surface area (Å²) < 4.78 is 10.8. The van der Waals surface area contributed by atoms with Gasteiger partial charge in [0.25, 0.3) is 5.91 Å². The third-order valence-corrected chi connectivity index (χ3v) is 4.88. The number of nitrogens with one attached hydrogen (secondary N) is 1. The number of aryl methyl sites for hydroxylation is 2. The largest absolute Gasteiger partial charge is 0.483 e. The molecule has 0 atom stereocenters. The molecule has 0 saturated carbocycles. The Labute approximate surface area is 195 Å². The molecule has 0 aromatic heterocycles. The summed E-state index contributed by atoms with van der Waals surface area (Å²) >= 11 is 11.9. The number of esters is 1. The van der Waals surface area contributed by atoms with Crippen LogP contribution in [0, 0.1) is 13.8 Å². The van der Waals surface area contributed by atoms with Crippen LogP contribution in [0.2, 0.25) is 10.0 Å². The first-order valence-electron chi connectivity index (χ1n) is 9.61. The molecule has 0 saturated heterocycles. The minimum Gasteiger partial charge on any atom is -0.483 e. The molecule has 0 aliphatic rings. The van der Waals surface area contributed by atoms with E-state index in [1.807, 2.05) is 32.0 Å². The molecule has 1 N–H and O–H groups in total. The van der Waals surface area contributed by atoms with Gasteiger partial charge in [-0.1, -0.05) is 40.9 Å². The standard InChI is InChI=1S/C24H20Cl2N2O4/c1-15-3-10-22(16(2)11-15)31-14-23(29)28-27-13-17-4-7-19(8-5-17)32-24(30)20-9-6-18(25)12-21(20)26/h3-13H,14H2,1-2H3,(H,28,29)/b27-13+. The Balaban J connectivity index is 1.49. The molecule has 0 radical (unpaired) electrons. The second-order valence-electron chi connectivity index (χ2n) is 6.93. The fourth-order valence-corrected chi connectivity index (χ4v) is 3.24. The molecule has 32 heavy (non-hydrogen) atoms. The molecule has 0 aliphatic heterocycles. The van der Waals surface area contributed by atoms with Crippen molar-refractivity contribution in [3.05, 3.63) is 93.0 Å². The summed E-state index contributed by atoms with van der Waals surface area (Å²) in [5.74, 6) is 0.0135. The number of nitrogens with zero attached hydrogens (tertiary/aromatic N) is 1. The molecule has 1 amide bonds. The summed E-state index contributed by atoms with van der Waals surface area (Å²) in [6, 6.07) is 16.9. The van der Waals surface area contributed by atoms with Gasteiger partial charge in [-0.3, -0.25) is 4.79 Å². The molecule has 0 unspecified atom stereocenters. The molecule has 3 aromatic rings. The Morgan fingerprint density at radius 3 is 2.44 bits per heavy atom. The first kappa shape index (κ1) is 23.3. The summed E-state index contributed by atoms with van der Waals surface area (Å²) in [5.41, 5.74) is 5.40. The fraction of sp³-hybridized carbons (Fsp3) is 0.125. The van der Waals surface area contributed by atoms with Gasteiger partial charge < -0.3 is 9.47 Å². The van der Waals surface area contributed by atoms with Crippen molar-refractivity contribution in [3.8, 4) is 11.5 Å². The number of hydrogen-bond acceptors (Lipinski definition) is 5. The maximum Gasteiger partial charge on any atom is 0.345 e. The summed E-state index contributed by atoms with van der Waals surface area (Å²) in [4.78, 5) is 24.2. The lowest BCUT2D eigenvalue weighted by atomic mass is 10.1. The average Bonchev–Trinajstić information content (AvgIpc) is 2.74. The molecule has 6 nitrogen and oxygen atoms in total. The smallest absolute Gasteiger partial charge is 0.345 e. The monoisotopic (exact) mass is 470 g/mol. The van der Waals surface area contributed by atoms with Crippen LogP contribution in [0.1, 0.15) is 27.0 Å². The topological polar surface area (TPSA) is 77.0 Å². The molecule has 164 valence electrons. The van der Waals surface area contributed by atoms with Gasteiger partial charge >= 0.3 is 5.97 Å².